The average molecular weight is 450 g/mol. The number of nitrogens with zero attached hydrogens (tertiary/aromatic N) is 5. The molecule has 1 aliphatic heterocycles. The molecule has 0 N–H and O–H groups in total. The minimum atomic E-state index is -0.632. The van der Waals surface area contributed by atoms with E-state index in [1.807, 2.05) is 18.3 Å². The first kappa shape index (κ1) is 20.6. The predicted molar refractivity (Wildman–Crippen MR) is 119 cm³/mol. The van der Waals surface area contributed by atoms with E-state index in [1.54, 1.807) is 0 Å². The Morgan fingerprint density at radius 3 is 2.58 bits per heavy atom. The first-order valence-electron chi connectivity index (χ1n) is 11.4. The smallest absolute Gasteiger partial charge is 0.225 e. The van der Waals surface area contributed by atoms with Crippen molar-refractivity contribution in [2.24, 2.45) is 5.41 Å². The minimum absolute atomic E-state index is 0.126. The van der Waals surface area contributed by atoms with E-state index in [2.05, 4.69) is 33.9 Å². The Balaban J connectivity index is 1.48. The number of aromatic nitrogens is 4. The first-order valence-corrected chi connectivity index (χ1v) is 11.4. The number of ether oxygens (including phenoxy) is 1. The fourth-order valence-corrected chi connectivity index (χ4v) is 6.26. The number of morpholine rings is 1. The molecule has 1 saturated carbocycles. The summed E-state index contributed by atoms with van der Waals surface area (Å²) in [6, 6.07) is 7.67. The standard InChI is InChI=1S/C25H25F2N5O/c1-24(2)16-6-8-25(24,20-7-9-28-23(29-20)32-10-12-33-13-11-32)22-15(16)14-19(30-31-22)21-17(26)4-3-5-18(21)27/h3-5,7,9,14,16H,6,8,10-13H2,1-2H3/t16-,25+/m0/s1. The molecule has 0 radical (unpaired) electrons. The zero-order valence-electron chi connectivity index (χ0n) is 18.7. The second-order valence-corrected chi connectivity index (χ2v) is 9.69. The van der Waals surface area contributed by atoms with Crippen LogP contribution in [0.25, 0.3) is 11.3 Å². The molecule has 33 heavy (non-hydrogen) atoms. The van der Waals surface area contributed by atoms with Gasteiger partial charge in [-0.3, -0.25) is 0 Å². The maximum Gasteiger partial charge on any atom is 0.225 e. The van der Waals surface area contributed by atoms with Crippen molar-refractivity contribution in [1.82, 2.24) is 20.2 Å². The van der Waals surface area contributed by atoms with Crippen molar-refractivity contribution in [1.29, 1.82) is 0 Å². The van der Waals surface area contributed by atoms with Crippen LogP contribution in [0.2, 0.25) is 0 Å². The van der Waals surface area contributed by atoms with Crippen LogP contribution in [0.15, 0.2) is 36.5 Å². The van der Waals surface area contributed by atoms with Crippen molar-refractivity contribution < 1.29 is 13.5 Å². The average Bonchev–Trinajstić information content (AvgIpc) is 3.21. The fraction of sp³-hybridized carbons (Fsp3) is 0.440. The van der Waals surface area contributed by atoms with E-state index in [4.69, 9.17) is 9.72 Å². The van der Waals surface area contributed by atoms with Crippen molar-refractivity contribution >= 4 is 5.95 Å². The molecule has 170 valence electrons. The van der Waals surface area contributed by atoms with Crippen molar-refractivity contribution in [2.45, 2.75) is 38.0 Å². The number of anilines is 1. The Kier molecular flexibility index (Phi) is 4.52. The Labute approximate surface area is 191 Å². The number of fused-ring (bicyclic) bond motifs is 5. The van der Waals surface area contributed by atoms with Gasteiger partial charge in [-0.05, 0) is 54.0 Å². The lowest BCUT2D eigenvalue weighted by atomic mass is 9.66. The van der Waals surface area contributed by atoms with Crippen LogP contribution in [0.1, 0.15) is 49.6 Å². The van der Waals surface area contributed by atoms with Gasteiger partial charge in [0.15, 0.2) is 0 Å². The second-order valence-electron chi connectivity index (χ2n) is 9.69. The van der Waals surface area contributed by atoms with Crippen LogP contribution in [0.4, 0.5) is 14.7 Å². The zero-order valence-corrected chi connectivity index (χ0v) is 18.7. The van der Waals surface area contributed by atoms with Crippen molar-refractivity contribution in [3.63, 3.8) is 0 Å². The van der Waals surface area contributed by atoms with Crippen LogP contribution in [0, 0.1) is 17.0 Å². The van der Waals surface area contributed by atoms with Gasteiger partial charge in [0.1, 0.15) is 11.6 Å². The molecule has 0 spiro atoms. The summed E-state index contributed by atoms with van der Waals surface area (Å²) >= 11 is 0. The quantitative estimate of drug-likeness (QED) is 0.596. The van der Waals surface area contributed by atoms with Gasteiger partial charge in [0, 0.05) is 19.3 Å². The number of hydrogen-bond donors (Lipinski definition) is 0. The largest absolute Gasteiger partial charge is 0.378 e. The summed E-state index contributed by atoms with van der Waals surface area (Å²) in [5.74, 6) is -0.353. The Hall–Kier alpha value is -3.00. The molecule has 6 rings (SSSR count). The van der Waals surface area contributed by atoms with Gasteiger partial charge >= 0.3 is 0 Å². The number of hydrogen-bond acceptors (Lipinski definition) is 6. The van der Waals surface area contributed by atoms with Crippen LogP contribution >= 0.6 is 0 Å². The van der Waals surface area contributed by atoms with Crippen LogP contribution in [-0.4, -0.2) is 46.5 Å². The van der Waals surface area contributed by atoms with Gasteiger partial charge in [-0.2, -0.15) is 5.10 Å². The van der Waals surface area contributed by atoms with E-state index >= 15 is 0 Å². The summed E-state index contributed by atoms with van der Waals surface area (Å²) in [6.45, 7) is 7.33. The molecule has 2 aromatic heterocycles. The third-order valence-corrected chi connectivity index (χ3v) is 7.98. The highest BCUT2D eigenvalue weighted by atomic mass is 19.1. The molecule has 2 aliphatic carbocycles. The highest BCUT2D eigenvalue weighted by Crippen LogP contribution is 2.69. The van der Waals surface area contributed by atoms with Gasteiger partial charge in [0.25, 0.3) is 0 Å². The summed E-state index contributed by atoms with van der Waals surface area (Å²) in [4.78, 5) is 11.7. The second kappa shape index (κ2) is 7.25. The summed E-state index contributed by atoms with van der Waals surface area (Å²) in [5, 5.41) is 8.92. The van der Waals surface area contributed by atoms with Crippen LogP contribution in [0.3, 0.4) is 0 Å². The van der Waals surface area contributed by atoms with Crippen LogP contribution in [-0.2, 0) is 10.2 Å². The predicted octanol–water partition coefficient (Wildman–Crippen LogP) is 4.25. The maximum atomic E-state index is 14.5. The van der Waals surface area contributed by atoms with Crippen LogP contribution < -0.4 is 4.90 Å². The van der Waals surface area contributed by atoms with Gasteiger partial charge in [0.2, 0.25) is 5.95 Å². The van der Waals surface area contributed by atoms with Crippen molar-refractivity contribution in [3.05, 3.63) is 65.1 Å². The molecular weight excluding hydrogens is 424 g/mol. The molecule has 0 unspecified atom stereocenters. The van der Waals surface area contributed by atoms with Gasteiger partial charge in [-0.25, -0.2) is 18.7 Å². The molecule has 1 saturated heterocycles. The van der Waals surface area contributed by atoms with E-state index in [0.29, 0.717) is 19.2 Å². The highest BCUT2D eigenvalue weighted by Gasteiger charge is 2.65. The molecule has 6 nitrogen and oxygen atoms in total. The Bertz CT molecular complexity index is 1220. The molecule has 3 aromatic rings. The molecule has 1 aromatic carbocycles. The monoisotopic (exact) mass is 449 g/mol. The van der Waals surface area contributed by atoms with Gasteiger partial charge in [-0.1, -0.05) is 19.9 Å². The number of rotatable bonds is 3. The van der Waals surface area contributed by atoms with Crippen molar-refractivity contribution in [2.75, 3.05) is 31.2 Å². The molecule has 2 fully saturated rings. The number of halogens is 2. The van der Waals surface area contributed by atoms with Gasteiger partial charge in [0.05, 0.1) is 41.3 Å². The third kappa shape index (κ3) is 2.79. The summed E-state index contributed by atoms with van der Waals surface area (Å²) in [5.41, 5.74) is 2.34. The Morgan fingerprint density at radius 2 is 1.82 bits per heavy atom. The molecule has 3 aliphatic rings. The molecule has 3 heterocycles. The van der Waals surface area contributed by atoms with Crippen LogP contribution in [0.5, 0.6) is 0 Å². The number of benzene rings is 1. The summed E-state index contributed by atoms with van der Waals surface area (Å²) in [7, 11) is 0. The third-order valence-electron chi connectivity index (χ3n) is 7.98. The Morgan fingerprint density at radius 1 is 1.06 bits per heavy atom. The SMILES string of the molecule is CC1(C)[C@H]2CC[C@@]1(c1ccnc(N3CCOCC3)n1)c1nnc(-c3c(F)cccc3F)cc12. The van der Waals surface area contributed by atoms with Crippen molar-refractivity contribution in [3.8, 4) is 11.3 Å². The lowest BCUT2D eigenvalue weighted by Gasteiger charge is -2.38. The maximum absolute atomic E-state index is 14.5. The topological polar surface area (TPSA) is 64.0 Å². The van der Waals surface area contributed by atoms with E-state index in [1.165, 1.54) is 18.2 Å². The van der Waals surface area contributed by atoms with E-state index in [0.717, 1.165) is 42.9 Å². The molecule has 0 amide bonds. The van der Waals surface area contributed by atoms with Gasteiger partial charge in [-0.15, -0.1) is 5.10 Å². The summed E-state index contributed by atoms with van der Waals surface area (Å²) < 4.78 is 34.4. The highest BCUT2D eigenvalue weighted by molar-refractivity contribution is 5.64. The minimum Gasteiger partial charge on any atom is -0.378 e. The summed E-state index contributed by atoms with van der Waals surface area (Å²) in [6.07, 6.45) is 3.68. The van der Waals surface area contributed by atoms with E-state index in [-0.39, 0.29) is 22.6 Å². The van der Waals surface area contributed by atoms with E-state index in [9.17, 15) is 8.78 Å². The normalized spacial score (nSPS) is 25.3. The zero-order chi connectivity index (χ0) is 22.8. The molecule has 8 heteroatoms. The van der Waals surface area contributed by atoms with Gasteiger partial charge < -0.3 is 9.64 Å². The lowest BCUT2D eigenvalue weighted by molar-refractivity contribution is 0.122. The fourth-order valence-electron chi connectivity index (χ4n) is 6.26. The van der Waals surface area contributed by atoms with E-state index < -0.39 is 17.0 Å². The first-order chi connectivity index (χ1) is 15.9. The molecule has 2 bridgehead atoms. The lowest BCUT2D eigenvalue weighted by Crippen LogP contribution is -2.40. The molecular formula is C25H25F2N5O. The molecule has 2 atom stereocenters.